The lowest BCUT2D eigenvalue weighted by atomic mass is 10.1. The molecule has 0 radical (unpaired) electrons. The molecule has 1 N–H and O–H groups in total. The Labute approximate surface area is 132 Å². The second-order valence-electron chi connectivity index (χ2n) is 5.48. The molecule has 0 bridgehead atoms. The van der Waals surface area contributed by atoms with E-state index in [2.05, 4.69) is 25.4 Å². The number of fused-ring (bicyclic) bond motifs is 1. The first-order valence-corrected chi connectivity index (χ1v) is 7.35. The van der Waals surface area contributed by atoms with Gasteiger partial charge in [0, 0.05) is 24.1 Å². The van der Waals surface area contributed by atoms with Gasteiger partial charge < -0.3 is 9.88 Å². The normalized spacial score (nSPS) is 13.9. The maximum atomic E-state index is 12.6. The fraction of sp³-hybridized carbons (Fsp3) is 0.267. The maximum Gasteiger partial charge on any atom is 0.254 e. The van der Waals surface area contributed by atoms with Gasteiger partial charge in [0.15, 0.2) is 0 Å². The van der Waals surface area contributed by atoms with E-state index < -0.39 is 0 Å². The van der Waals surface area contributed by atoms with Crippen LogP contribution in [0.5, 0.6) is 0 Å². The predicted octanol–water partition coefficient (Wildman–Crippen LogP) is 0.799. The van der Waals surface area contributed by atoms with Gasteiger partial charge in [-0.15, -0.1) is 10.2 Å². The van der Waals surface area contributed by atoms with Crippen LogP contribution in [0.3, 0.4) is 0 Å². The fourth-order valence-corrected chi connectivity index (χ4v) is 2.73. The summed E-state index contributed by atoms with van der Waals surface area (Å²) in [6.07, 6.45) is 2.47. The van der Waals surface area contributed by atoms with Crippen LogP contribution >= 0.6 is 0 Å². The molecule has 1 amide bonds. The molecule has 4 rings (SSSR count). The first-order valence-electron chi connectivity index (χ1n) is 7.35. The summed E-state index contributed by atoms with van der Waals surface area (Å²) >= 11 is 0. The number of carbonyl (C=O) groups excluding carboxylic acids is 1. The summed E-state index contributed by atoms with van der Waals surface area (Å²) in [7, 11) is 1.72. The Hall–Kier alpha value is -3.03. The molecule has 3 heterocycles. The third-order valence-electron chi connectivity index (χ3n) is 3.96. The standard InChI is InChI=1S/C15H15N7O/c1-21-19-14(18-20-21)10-2-4-11(5-3-10)15(23)22-7-6-12-13(8-22)17-9-16-12/h2-5,9H,6-8H2,1H3,(H,16,17). The SMILES string of the molecule is Cn1nnc(-c2ccc(C(=O)N3CCc4nc[nH]c4C3)cc2)n1. The van der Waals surface area contributed by atoms with Crippen molar-refractivity contribution in [1.82, 2.24) is 35.1 Å². The van der Waals surface area contributed by atoms with Gasteiger partial charge in [0.1, 0.15) is 0 Å². The Bertz CT molecular complexity index is 849. The number of tetrazole rings is 1. The number of H-pyrrole nitrogens is 1. The summed E-state index contributed by atoms with van der Waals surface area (Å²) in [6.45, 7) is 1.26. The number of hydrogen-bond donors (Lipinski definition) is 1. The van der Waals surface area contributed by atoms with Gasteiger partial charge in [-0.05, 0) is 17.3 Å². The van der Waals surface area contributed by atoms with E-state index in [1.807, 2.05) is 17.0 Å². The van der Waals surface area contributed by atoms with E-state index in [9.17, 15) is 4.79 Å². The minimum atomic E-state index is 0.0175. The topological polar surface area (TPSA) is 92.6 Å². The number of aromatic nitrogens is 6. The third-order valence-corrected chi connectivity index (χ3v) is 3.96. The number of imidazole rings is 1. The van der Waals surface area contributed by atoms with Gasteiger partial charge in [-0.25, -0.2) is 4.98 Å². The van der Waals surface area contributed by atoms with E-state index in [1.54, 1.807) is 25.5 Å². The largest absolute Gasteiger partial charge is 0.347 e. The maximum absolute atomic E-state index is 12.6. The summed E-state index contributed by atoms with van der Waals surface area (Å²) in [5.41, 5.74) is 3.56. The van der Waals surface area contributed by atoms with Crippen molar-refractivity contribution in [3.8, 4) is 11.4 Å². The number of benzene rings is 1. The van der Waals surface area contributed by atoms with Crippen LogP contribution in [0.25, 0.3) is 11.4 Å². The van der Waals surface area contributed by atoms with Crippen molar-refractivity contribution in [3.63, 3.8) is 0 Å². The van der Waals surface area contributed by atoms with Crippen LogP contribution in [0.1, 0.15) is 21.7 Å². The first-order chi connectivity index (χ1) is 11.2. The number of rotatable bonds is 2. The van der Waals surface area contributed by atoms with Crippen LogP contribution in [-0.2, 0) is 20.0 Å². The molecule has 1 aromatic carbocycles. The van der Waals surface area contributed by atoms with Gasteiger partial charge in [0.05, 0.1) is 31.3 Å². The van der Waals surface area contributed by atoms with Crippen molar-refractivity contribution in [1.29, 1.82) is 0 Å². The Morgan fingerprint density at radius 2 is 2.09 bits per heavy atom. The van der Waals surface area contributed by atoms with E-state index >= 15 is 0 Å². The van der Waals surface area contributed by atoms with Crippen molar-refractivity contribution < 1.29 is 4.79 Å². The second kappa shape index (κ2) is 5.31. The molecule has 23 heavy (non-hydrogen) atoms. The highest BCUT2D eigenvalue weighted by atomic mass is 16.2. The quantitative estimate of drug-likeness (QED) is 0.756. The average molecular weight is 309 g/mol. The molecule has 0 spiro atoms. The molecule has 1 aliphatic heterocycles. The molecule has 0 atom stereocenters. The second-order valence-corrected chi connectivity index (χ2v) is 5.48. The third kappa shape index (κ3) is 2.48. The molecule has 0 fully saturated rings. The Morgan fingerprint density at radius 1 is 1.26 bits per heavy atom. The Kier molecular flexibility index (Phi) is 3.14. The summed E-state index contributed by atoms with van der Waals surface area (Å²) in [5.74, 6) is 0.565. The van der Waals surface area contributed by atoms with E-state index in [0.29, 0.717) is 24.5 Å². The van der Waals surface area contributed by atoms with E-state index in [-0.39, 0.29) is 5.91 Å². The molecule has 3 aromatic rings. The molecule has 116 valence electrons. The minimum absolute atomic E-state index is 0.0175. The average Bonchev–Trinajstić information content (AvgIpc) is 3.22. The highest BCUT2D eigenvalue weighted by molar-refractivity contribution is 5.94. The van der Waals surface area contributed by atoms with Crippen molar-refractivity contribution in [2.24, 2.45) is 7.05 Å². The molecule has 8 nitrogen and oxygen atoms in total. The fourth-order valence-electron chi connectivity index (χ4n) is 2.73. The first kappa shape index (κ1) is 13.6. The van der Waals surface area contributed by atoms with E-state index in [4.69, 9.17) is 0 Å². The zero-order valence-electron chi connectivity index (χ0n) is 12.6. The highest BCUT2D eigenvalue weighted by Gasteiger charge is 2.23. The number of aryl methyl sites for hydroxylation is 1. The number of nitrogens with one attached hydrogen (secondary N) is 1. The molecule has 1 aliphatic rings. The summed E-state index contributed by atoms with van der Waals surface area (Å²) < 4.78 is 0. The van der Waals surface area contributed by atoms with Gasteiger partial charge >= 0.3 is 0 Å². The van der Waals surface area contributed by atoms with E-state index in [1.165, 1.54) is 4.80 Å². The molecule has 0 unspecified atom stereocenters. The molecule has 0 saturated heterocycles. The predicted molar refractivity (Wildman–Crippen MR) is 81.3 cm³/mol. The van der Waals surface area contributed by atoms with Crippen molar-refractivity contribution in [2.45, 2.75) is 13.0 Å². The number of aromatic amines is 1. The molecule has 0 saturated carbocycles. The monoisotopic (exact) mass is 309 g/mol. The molecular formula is C15H15N7O. The lowest BCUT2D eigenvalue weighted by Gasteiger charge is -2.26. The van der Waals surface area contributed by atoms with Crippen LogP contribution in [-0.4, -0.2) is 47.5 Å². The molecular weight excluding hydrogens is 294 g/mol. The van der Waals surface area contributed by atoms with E-state index in [0.717, 1.165) is 23.4 Å². The van der Waals surface area contributed by atoms with Gasteiger partial charge in [-0.3, -0.25) is 4.79 Å². The number of carbonyl (C=O) groups is 1. The van der Waals surface area contributed by atoms with Crippen molar-refractivity contribution >= 4 is 5.91 Å². The number of amides is 1. The summed E-state index contributed by atoms with van der Waals surface area (Å²) in [4.78, 5) is 23.2. The van der Waals surface area contributed by atoms with Crippen LogP contribution in [0.4, 0.5) is 0 Å². The number of hydrogen-bond acceptors (Lipinski definition) is 5. The zero-order chi connectivity index (χ0) is 15.8. The lowest BCUT2D eigenvalue weighted by molar-refractivity contribution is 0.0732. The lowest BCUT2D eigenvalue weighted by Crippen LogP contribution is -2.36. The number of nitrogens with zero attached hydrogens (tertiary/aromatic N) is 6. The Balaban J connectivity index is 1.53. The van der Waals surface area contributed by atoms with Crippen molar-refractivity contribution in [3.05, 3.63) is 47.5 Å². The molecule has 2 aromatic heterocycles. The summed E-state index contributed by atoms with van der Waals surface area (Å²) in [6, 6.07) is 7.29. The van der Waals surface area contributed by atoms with Crippen LogP contribution in [0.15, 0.2) is 30.6 Å². The van der Waals surface area contributed by atoms with Crippen LogP contribution in [0, 0.1) is 0 Å². The van der Waals surface area contributed by atoms with Gasteiger partial charge in [0.25, 0.3) is 5.91 Å². The van der Waals surface area contributed by atoms with Gasteiger partial charge in [-0.1, -0.05) is 12.1 Å². The highest BCUT2D eigenvalue weighted by Crippen LogP contribution is 2.19. The van der Waals surface area contributed by atoms with Gasteiger partial charge in [-0.2, -0.15) is 4.80 Å². The van der Waals surface area contributed by atoms with Gasteiger partial charge in [0.2, 0.25) is 5.82 Å². The zero-order valence-corrected chi connectivity index (χ0v) is 12.6. The smallest absolute Gasteiger partial charge is 0.254 e. The van der Waals surface area contributed by atoms with Crippen LogP contribution in [0.2, 0.25) is 0 Å². The molecule has 0 aliphatic carbocycles. The van der Waals surface area contributed by atoms with Crippen LogP contribution < -0.4 is 0 Å². The van der Waals surface area contributed by atoms with Crippen molar-refractivity contribution in [2.75, 3.05) is 6.54 Å². The Morgan fingerprint density at radius 3 is 2.83 bits per heavy atom. The minimum Gasteiger partial charge on any atom is -0.347 e. The summed E-state index contributed by atoms with van der Waals surface area (Å²) in [5, 5.41) is 11.9. The molecule has 8 heteroatoms.